The Morgan fingerprint density at radius 2 is 2.00 bits per heavy atom. The highest BCUT2D eigenvalue weighted by atomic mass is 35.5. The van der Waals surface area contributed by atoms with Crippen LogP contribution >= 0.6 is 11.6 Å². The van der Waals surface area contributed by atoms with Crippen LogP contribution in [0.3, 0.4) is 0 Å². The zero-order valence-corrected chi connectivity index (χ0v) is 17.8. The summed E-state index contributed by atoms with van der Waals surface area (Å²) in [4.78, 5) is 27.7. The van der Waals surface area contributed by atoms with Gasteiger partial charge in [0, 0.05) is 19.5 Å². The number of nitrogens with zero attached hydrogens (tertiary/aromatic N) is 5. The number of imidazole rings is 1. The van der Waals surface area contributed by atoms with E-state index in [1.165, 1.54) is 6.07 Å². The minimum Gasteiger partial charge on any atom is -0.339 e. The first kappa shape index (κ1) is 21.0. The summed E-state index contributed by atoms with van der Waals surface area (Å²) in [6.45, 7) is 7.06. The van der Waals surface area contributed by atoms with Crippen molar-refractivity contribution >= 4 is 29.1 Å². The Kier molecular flexibility index (Phi) is 6.03. The maximum Gasteiger partial charge on any atom is 0.330 e. The molecular formula is C21H22ClFN6O2. The lowest BCUT2D eigenvalue weighted by Crippen LogP contribution is -2.47. The number of amides is 2. The van der Waals surface area contributed by atoms with E-state index in [1.54, 1.807) is 28.0 Å². The van der Waals surface area contributed by atoms with Crippen LogP contribution in [0.25, 0.3) is 17.1 Å². The summed E-state index contributed by atoms with van der Waals surface area (Å²) in [5, 5.41) is 4.09. The number of fused-ring (bicyclic) bond motifs is 1. The van der Waals surface area contributed by atoms with Gasteiger partial charge in [-0.05, 0) is 43.0 Å². The number of hydrogen-bond acceptors (Lipinski definition) is 5. The van der Waals surface area contributed by atoms with E-state index in [0.717, 1.165) is 6.42 Å². The van der Waals surface area contributed by atoms with Crippen molar-refractivity contribution in [3.63, 3.8) is 0 Å². The van der Waals surface area contributed by atoms with Crippen LogP contribution in [0.5, 0.6) is 0 Å². The smallest absolute Gasteiger partial charge is 0.330 e. The van der Waals surface area contributed by atoms with E-state index in [0.29, 0.717) is 61.0 Å². The third-order valence-electron chi connectivity index (χ3n) is 5.04. The molecule has 0 spiro atoms. The number of carbonyl (C=O) groups is 1. The fraction of sp³-hybridized carbons (Fsp3) is 0.333. The number of urea groups is 1. The molecule has 162 valence electrons. The fourth-order valence-electron chi connectivity index (χ4n) is 3.53. The van der Waals surface area contributed by atoms with E-state index in [9.17, 15) is 9.18 Å². The maximum absolute atomic E-state index is 13.9. The molecule has 4 rings (SSSR count). The van der Waals surface area contributed by atoms with Gasteiger partial charge < -0.3 is 9.51 Å². The topological polar surface area (TPSA) is 91.2 Å². The molecular weight excluding hydrogens is 423 g/mol. The third-order valence-corrected chi connectivity index (χ3v) is 5.22. The molecule has 0 radical (unpaired) electrons. The maximum atomic E-state index is 13.9. The largest absolute Gasteiger partial charge is 0.339 e. The van der Waals surface area contributed by atoms with E-state index in [-0.39, 0.29) is 17.1 Å². The number of rotatable bonds is 8. The Labute approximate surface area is 183 Å². The standard InChI is InChI=1S/C21H22ClFN6O2/c1-3-11-29-19-17(25-20(22)26-19)13(2)28(21(29)30)12-7-6-10-16-24-18(27-31-16)14-8-4-5-9-15(14)23/h4-5,8-9H,2-3,6-7,10-12H2,1H3,(H,25,26). The molecule has 2 amide bonds. The predicted molar refractivity (Wildman–Crippen MR) is 115 cm³/mol. The first-order valence-electron chi connectivity index (χ1n) is 10.1. The second-order valence-electron chi connectivity index (χ2n) is 7.21. The number of anilines is 1. The summed E-state index contributed by atoms with van der Waals surface area (Å²) in [5.74, 6) is 0.778. The average molecular weight is 445 g/mol. The molecule has 8 nitrogen and oxygen atoms in total. The van der Waals surface area contributed by atoms with Gasteiger partial charge in [-0.3, -0.25) is 9.80 Å². The van der Waals surface area contributed by atoms with Crippen molar-refractivity contribution in [2.75, 3.05) is 18.0 Å². The average Bonchev–Trinajstić information content (AvgIpc) is 3.37. The quantitative estimate of drug-likeness (QED) is 0.499. The molecule has 0 atom stereocenters. The van der Waals surface area contributed by atoms with Crippen molar-refractivity contribution in [2.45, 2.75) is 32.6 Å². The predicted octanol–water partition coefficient (Wildman–Crippen LogP) is 4.90. The summed E-state index contributed by atoms with van der Waals surface area (Å²) < 4.78 is 19.1. The molecule has 0 saturated heterocycles. The van der Waals surface area contributed by atoms with Gasteiger partial charge in [0.2, 0.25) is 17.0 Å². The highest BCUT2D eigenvalue weighted by Gasteiger charge is 2.35. The van der Waals surface area contributed by atoms with Crippen LogP contribution in [0.1, 0.15) is 37.8 Å². The molecule has 1 aromatic carbocycles. The van der Waals surface area contributed by atoms with Crippen LogP contribution in [0.2, 0.25) is 5.28 Å². The number of aryl methyl sites for hydroxylation is 1. The third kappa shape index (κ3) is 4.18. The van der Waals surface area contributed by atoms with Crippen LogP contribution in [0.15, 0.2) is 35.4 Å². The van der Waals surface area contributed by atoms with Crippen LogP contribution in [-0.2, 0) is 6.42 Å². The lowest BCUT2D eigenvalue weighted by atomic mass is 10.1. The van der Waals surface area contributed by atoms with Gasteiger partial charge in [0.1, 0.15) is 11.5 Å². The zero-order chi connectivity index (χ0) is 22.0. The second-order valence-corrected chi connectivity index (χ2v) is 7.57. The Balaban J connectivity index is 1.37. The first-order chi connectivity index (χ1) is 15.0. The van der Waals surface area contributed by atoms with E-state index < -0.39 is 5.82 Å². The number of hydrogen-bond donors (Lipinski definition) is 1. The SMILES string of the molecule is C=C1c2[nH]c(Cl)nc2N(CCC)C(=O)N1CCCCc1nc(-c2ccccc2F)no1. The summed E-state index contributed by atoms with van der Waals surface area (Å²) in [6.07, 6.45) is 2.72. The zero-order valence-electron chi connectivity index (χ0n) is 17.1. The van der Waals surface area contributed by atoms with Gasteiger partial charge >= 0.3 is 6.03 Å². The number of halogens is 2. The van der Waals surface area contributed by atoms with Crippen molar-refractivity contribution in [1.82, 2.24) is 25.0 Å². The molecule has 0 saturated carbocycles. The summed E-state index contributed by atoms with van der Waals surface area (Å²) in [7, 11) is 0. The summed E-state index contributed by atoms with van der Waals surface area (Å²) >= 11 is 6.02. The van der Waals surface area contributed by atoms with E-state index >= 15 is 0 Å². The van der Waals surface area contributed by atoms with Gasteiger partial charge in [0.25, 0.3) is 0 Å². The lowest BCUT2D eigenvalue weighted by Gasteiger charge is -2.35. The number of H-pyrrole nitrogens is 1. The molecule has 0 unspecified atom stereocenters. The van der Waals surface area contributed by atoms with E-state index in [4.69, 9.17) is 16.1 Å². The number of unbranched alkanes of at least 4 members (excludes halogenated alkanes) is 1. The Morgan fingerprint density at radius 1 is 1.19 bits per heavy atom. The van der Waals surface area contributed by atoms with E-state index in [2.05, 4.69) is 26.7 Å². The molecule has 0 bridgehead atoms. The van der Waals surface area contributed by atoms with Crippen molar-refractivity contribution in [3.05, 3.63) is 53.5 Å². The molecule has 10 heteroatoms. The minimum absolute atomic E-state index is 0.165. The Morgan fingerprint density at radius 3 is 2.77 bits per heavy atom. The Bertz CT molecular complexity index is 1110. The number of aromatic amines is 1. The summed E-state index contributed by atoms with van der Waals surface area (Å²) in [6, 6.07) is 6.12. The molecule has 3 aromatic rings. The number of aromatic nitrogens is 4. The summed E-state index contributed by atoms with van der Waals surface area (Å²) in [5.41, 5.74) is 1.51. The molecule has 0 fully saturated rings. The number of benzene rings is 1. The Hall–Kier alpha value is -3.20. The molecule has 2 aromatic heterocycles. The second kappa shape index (κ2) is 8.89. The molecule has 31 heavy (non-hydrogen) atoms. The minimum atomic E-state index is -0.396. The van der Waals surface area contributed by atoms with Crippen LogP contribution in [0, 0.1) is 5.82 Å². The molecule has 1 aliphatic rings. The van der Waals surface area contributed by atoms with Gasteiger partial charge in [-0.15, -0.1) is 0 Å². The van der Waals surface area contributed by atoms with Crippen molar-refractivity contribution in [2.24, 2.45) is 0 Å². The first-order valence-corrected chi connectivity index (χ1v) is 10.5. The van der Waals surface area contributed by atoms with Gasteiger partial charge in [-0.1, -0.05) is 30.8 Å². The molecule has 1 N–H and O–H groups in total. The normalized spacial score (nSPS) is 13.8. The molecule has 3 heterocycles. The molecule has 0 aliphatic carbocycles. The van der Waals surface area contributed by atoms with Gasteiger partial charge in [0.05, 0.1) is 11.3 Å². The van der Waals surface area contributed by atoms with Crippen LogP contribution in [0.4, 0.5) is 15.0 Å². The van der Waals surface area contributed by atoms with Gasteiger partial charge in [0.15, 0.2) is 5.82 Å². The fourth-order valence-corrected chi connectivity index (χ4v) is 3.70. The van der Waals surface area contributed by atoms with Crippen molar-refractivity contribution in [1.29, 1.82) is 0 Å². The lowest BCUT2D eigenvalue weighted by molar-refractivity contribution is 0.222. The van der Waals surface area contributed by atoms with E-state index in [1.807, 2.05) is 6.92 Å². The van der Waals surface area contributed by atoms with Gasteiger partial charge in [-0.2, -0.15) is 9.97 Å². The monoisotopic (exact) mass is 444 g/mol. The van der Waals surface area contributed by atoms with Crippen LogP contribution in [-0.4, -0.2) is 44.1 Å². The number of carbonyl (C=O) groups excluding carboxylic acids is 1. The molecule has 1 aliphatic heterocycles. The highest BCUT2D eigenvalue weighted by molar-refractivity contribution is 6.28. The van der Waals surface area contributed by atoms with Gasteiger partial charge in [-0.25, -0.2) is 9.18 Å². The number of nitrogens with one attached hydrogen (secondary N) is 1. The van der Waals surface area contributed by atoms with Crippen LogP contribution < -0.4 is 4.90 Å². The van der Waals surface area contributed by atoms with Crippen molar-refractivity contribution in [3.8, 4) is 11.4 Å². The highest BCUT2D eigenvalue weighted by Crippen LogP contribution is 2.34. The van der Waals surface area contributed by atoms with Crippen molar-refractivity contribution < 1.29 is 13.7 Å².